The number of nitrogen functional groups attached to an aromatic ring is 1. The second-order valence-electron chi connectivity index (χ2n) is 6.98. The van der Waals surface area contributed by atoms with Crippen molar-refractivity contribution in [2.45, 2.75) is 19.8 Å². The van der Waals surface area contributed by atoms with Gasteiger partial charge < -0.3 is 20.5 Å². The number of nitrogens with two attached hydrogens (primary N) is 1. The molecule has 0 aliphatic heterocycles. The molecule has 0 unspecified atom stereocenters. The van der Waals surface area contributed by atoms with Crippen LogP contribution in [0.2, 0.25) is 0 Å². The van der Waals surface area contributed by atoms with Crippen LogP contribution in [0.1, 0.15) is 16.0 Å². The molecule has 1 heterocycles. The van der Waals surface area contributed by atoms with Crippen molar-refractivity contribution < 1.29 is 19.1 Å². The van der Waals surface area contributed by atoms with Gasteiger partial charge in [0.1, 0.15) is 5.75 Å². The van der Waals surface area contributed by atoms with Gasteiger partial charge in [-0.25, -0.2) is 4.98 Å². The lowest BCUT2D eigenvalue weighted by atomic mass is 10.1. The summed E-state index contributed by atoms with van der Waals surface area (Å²) in [4.78, 5) is 29.3. The number of esters is 1. The molecule has 0 aliphatic carbocycles. The van der Waals surface area contributed by atoms with Gasteiger partial charge in [0.25, 0.3) is 5.91 Å². The number of thiazole rings is 1. The Balaban J connectivity index is 1.45. The highest BCUT2D eigenvalue weighted by Gasteiger charge is 2.17. The number of hydrogen-bond acceptors (Lipinski definition) is 7. The summed E-state index contributed by atoms with van der Waals surface area (Å²) >= 11 is 1.25. The highest BCUT2D eigenvalue weighted by Crippen LogP contribution is 2.30. The smallest absolute Gasteiger partial charge is 0.311 e. The SMILES string of the molecule is COc1ccc(CCNC(=O)COC(=O)Cc2sc(N)nc2-c2ccc(C)cc2)cc1. The van der Waals surface area contributed by atoms with Crippen LogP contribution in [0.4, 0.5) is 5.13 Å². The van der Waals surface area contributed by atoms with Crippen LogP contribution in [0, 0.1) is 6.92 Å². The first-order valence-corrected chi connectivity index (χ1v) is 10.6. The van der Waals surface area contributed by atoms with E-state index < -0.39 is 5.97 Å². The molecular weight excluding hydrogens is 414 g/mol. The molecule has 3 aromatic rings. The number of anilines is 1. The van der Waals surface area contributed by atoms with E-state index in [1.807, 2.05) is 55.5 Å². The van der Waals surface area contributed by atoms with Gasteiger partial charge in [-0.15, -0.1) is 11.3 Å². The summed E-state index contributed by atoms with van der Waals surface area (Å²) in [6, 6.07) is 15.5. The van der Waals surface area contributed by atoms with Gasteiger partial charge in [-0.1, -0.05) is 42.0 Å². The van der Waals surface area contributed by atoms with Gasteiger partial charge in [0.2, 0.25) is 0 Å². The lowest BCUT2D eigenvalue weighted by Crippen LogP contribution is -2.30. The number of aromatic nitrogens is 1. The number of nitrogens with one attached hydrogen (secondary N) is 1. The Morgan fingerprint density at radius 2 is 1.81 bits per heavy atom. The Bertz CT molecular complexity index is 1030. The summed E-state index contributed by atoms with van der Waals surface area (Å²) in [7, 11) is 1.61. The lowest BCUT2D eigenvalue weighted by molar-refractivity contribution is -0.147. The zero-order chi connectivity index (χ0) is 22.2. The molecule has 0 fully saturated rings. The fourth-order valence-electron chi connectivity index (χ4n) is 2.94. The van der Waals surface area contributed by atoms with E-state index in [2.05, 4.69) is 10.3 Å². The number of nitrogens with zero attached hydrogens (tertiary/aromatic N) is 1. The second kappa shape index (κ2) is 10.6. The summed E-state index contributed by atoms with van der Waals surface area (Å²) in [6.45, 7) is 2.13. The zero-order valence-electron chi connectivity index (χ0n) is 17.5. The van der Waals surface area contributed by atoms with Gasteiger partial charge in [0.15, 0.2) is 11.7 Å². The minimum atomic E-state index is -0.498. The van der Waals surface area contributed by atoms with E-state index in [-0.39, 0.29) is 18.9 Å². The van der Waals surface area contributed by atoms with Crippen molar-refractivity contribution in [3.8, 4) is 17.0 Å². The van der Waals surface area contributed by atoms with E-state index in [4.69, 9.17) is 15.2 Å². The number of carbonyl (C=O) groups excluding carboxylic acids is 2. The molecule has 31 heavy (non-hydrogen) atoms. The van der Waals surface area contributed by atoms with Crippen molar-refractivity contribution in [3.63, 3.8) is 0 Å². The fraction of sp³-hybridized carbons (Fsp3) is 0.261. The van der Waals surface area contributed by atoms with Crippen LogP contribution < -0.4 is 15.8 Å². The van der Waals surface area contributed by atoms with Gasteiger partial charge in [0.05, 0.1) is 19.2 Å². The molecule has 0 atom stereocenters. The van der Waals surface area contributed by atoms with E-state index in [0.29, 0.717) is 28.7 Å². The molecule has 0 aliphatic rings. The van der Waals surface area contributed by atoms with Crippen molar-refractivity contribution in [1.29, 1.82) is 0 Å². The maximum atomic E-state index is 12.2. The van der Waals surface area contributed by atoms with Gasteiger partial charge in [-0.2, -0.15) is 0 Å². The molecule has 8 heteroatoms. The molecule has 0 saturated carbocycles. The van der Waals surface area contributed by atoms with Crippen LogP contribution >= 0.6 is 11.3 Å². The first-order valence-electron chi connectivity index (χ1n) is 9.82. The van der Waals surface area contributed by atoms with Crippen molar-refractivity contribution in [3.05, 3.63) is 64.5 Å². The largest absolute Gasteiger partial charge is 0.497 e. The molecule has 0 radical (unpaired) electrons. The minimum Gasteiger partial charge on any atom is -0.497 e. The first-order chi connectivity index (χ1) is 14.9. The van der Waals surface area contributed by atoms with Crippen molar-refractivity contribution in [2.75, 3.05) is 26.0 Å². The summed E-state index contributed by atoms with van der Waals surface area (Å²) < 4.78 is 10.2. The number of carbonyl (C=O) groups is 2. The third kappa shape index (κ3) is 6.55. The van der Waals surface area contributed by atoms with Crippen LogP contribution in [0.5, 0.6) is 5.75 Å². The topological polar surface area (TPSA) is 104 Å². The predicted molar refractivity (Wildman–Crippen MR) is 121 cm³/mol. The van der Waals surface area contributed by atoms with E-state index in [1.165, 1.54) is 11.3 Å². The van der Waals surface area contributed by atoms with Crippen LogP contribution in [-0.2, 0) is 27.2 Å². The Hall–Kier alpha value is -3.39. The molecule has 2 aromatic carbocycles. The Morgan fingerprint density at radius 3 is 2.48 bits per heavy atom. The van der Waals surface area contributed by atoms with Gasteiger partial charge in [-0.3, -0.25) is 9.59 Å². The van der Waals surface area contributed by atoms with Gasteiger partial charge in [0, 0.05) is 17.0 Å². The van der Waals surface area contributed by atoms with Crippen LogP contribution in [0.15, 0.2) is 48.5 Å². The first kappa shape index (κ1) is 22.3. The molecular formula is C23H25N3O4S. The zero-order valence-corrected chi connectivity index (χ0v) is 18.3. The summed E-state index contributed by atoms with van der Waals surface area (Å²) in [5.74, 6) is -0.0558. The number of aryl methyl sites for hydroxylation is 1. The number of amides is 1. The highest BCUT2D eigenvalue weighted by atomic mass is 32.1. The maximum Gasteiger partial charge on any atom is 0.311 e. The standard InChI is InChI=1S/C23H25N3O4S/c1-15-3-7-17(8-4-15)22-19(31-23(24)26-22)13-21(28)30-14-20(27)25-12-11-16-5-9-18(29-2)10-6-16/h3-10H,11-14H2,1-2H3,(H2,24,26)(H,25,27). The van der Waals surface area contributed by atoms with Gasteiger partial charge in [-0.05, 0) is 31.0 Å². The minimum absolute atomic E-state index is 0.0111. The Morgan fingerprint density at radius 1 is 1.10 bits per heavy atom. The number of benzene rings is 2. The molecule has 0 spiro atoms. The third-order valence-electron chi connectivity index (χ3n) is 4.60. The normalized spacial score (nSPS) is 10.5. The fourth-order valence-corrected chi connectivity index (χ4v) is 3.78. The predicted octanol–water partition coefficient (Wildman–Crippen LogP) is 3.15. The number of ether oxygens (including phenoxy) is 2. The number of hydrogen-bond donors (Lipinski definition) is 2. The Labute approximate surface area is 185 Å². The molecule has 3 N–H and O–H groups in total. The summed E-state index contributed by atoms with van der Waals surface area (Å²) in [5, 5.41) is 3.13. The quantitative estimate of drug-likeness (QED) is 0.497. The van der Waals surface area contributed by atoms with Gasteiger partial charge >= 0.3 is 5.97 Å². The van der Waals surface area contributed by atoms with E-state index in [1.54, 1.807) is 7.11 Å². The molecule has 3 rings (SSSR count). The molecule has 1 amide bonds. The highest BCUT2D eigenvalue weighted by molar-refractivity contribution is 7.15. The second-order valence-corrected chi connectivity index (χ2v) is 8.09. The lowest BCUT2D eigenvalue weighted by Gasteiger charge is -2.07. The van der Waals surface area contributed by atoms with Crippen molar-refractivity contribution in [1.82, 2.24) is 10.3 Å². The molecule has 0 saturated heterocycles. The molecule has 0 bridgehead atoms. The maximum absolute atomic E-state index is 12.2. The third-order valence-corrected chi connectivity index (χ3v) is 5.49. The molecule has 1 aromatic heterocycles. The van der Waals surface area contributed by atoms with E-state index >= 15 is 0 Å². The monoisotopic (exact) mass is 439 g/mol. The van der Waals surface area contributed by atoms with Crippen LogP contribution in [0.3, 0.4) is 0 Å². The summed E-state index contributed by atoms with van der Waals surface area (Å²) in [6.07, 6.45) is 0.681. The van der Waals surface area contributed by atoms with Crippen molar-refractivity contribution in [2.24, 2.45) is 0 Å². The van der Waals surface area contributed by atoms with Crippen LogP contribution in [0.25, 0.3) is 11.3 Å². The molecule has 162 valence electrons. The van der Waals surface area contributed by atoms with Crippen molar-refractivity contribution >= 4 is 28.3 Å². The average molecular weight is 440 g/mol. The number of methoxy groups -OCH3 is 1. The summed E-state index contributed by atoms with van der Waals surface area (Å²) in [5.41, 5.74) is 9.61. The van der Waals surface area contributed by atoms with Crippen LogP contribution in [-0.4, -0.2) is 37.1 Å². The average Bonchev–Trinajstić information content (AvgIpc) is 3.13. The van der Waals surface area contributed by atoms with E-state index in [9.17, 15) is 9.59 Å². The molecule has 7 nitrogen and oxygen atoms in total. The van der Waals surface area contributed by atoms with E-state index in [0.717, 1.165) is 22.4 Å². The number of rotatable bonds is 9. The Kier molecular flexibility index (Phi) is 7.61.